The minimum atomic E-state index is -1.61. The standard InChI is InChI=1S/C48H81N17O12/c1-77-29-16-14-28(15-17-29)25-35(43(71)60-31(10-3-5-20-50)42(70)62-34(47(75)76)12-7-23-57-48(55)56)63-44(72)36-13-8-24-65(36)46(74)33(11-6-21-51)59-38(67)27-58-41(69)32(18-22-52)61-45(73)39(37(66)26-53)64-40(68)30(54)9-2-4-19-49/h12,14-17,30-32,35-37,39,66H,2-11,13,18-27,49-54H2,1H3,(H,58,69)(H,60,71)(H,61,73)(H,62,70)(H,63,72)(H,64,68)(H,75,76)(H4,55,56,57)/b34-12-,59-33+/t30-,31-,32-,35-,36-,37-,39-/m0/s1. The van der Waals surface area contributed by atoms with Crippen LogP contribution < -0.4 is 82.1 Å². The van der Waals surface area contributed by atoms with Crippen molar-refractivity contribution in [3.8, 4) is 5.75 Å². The number of carboxylic acid groups (broad SMARTS) is 1. The van der Waals surface area contributed by atoms with Gasteiger partial charge in [0.2, 0.25) is 35.4 Å². The van der Waals surface area contributed by atoms with Crippen molar-refractivity contribution >= 4 is 64.9 Å². The lowest BCUT2D eigenvalue weighted by molar-refractivity contribution is -0.137. The van der Waals surface area contributed by atoms with Crippen molar-refractivity contribution in [2.24, 2.45) is 45.1 Å². The summed E-state index contributed by atoms with van der Waals surface area (Å²) in [5, 5.41) is 45.0. The summed E-state index contributed by atoms with van der Waals surface area (Å²) in [6.45, 7) is -0.445. The number of nitrogens with two attached hydrogens (primary N) is 7. The van der Waals surface area contributed by atoms with E-state index in [4.69, 9.17) is 50.3 Å². The number of guanidine groups is 1. The first-order chi connectivity index (χ1) is 36.7. The molecule has 8 amide bonds. The molecule has 1 aromatic rings. The molecule has 1 fully saturated rings. The second-order valence-corrected chi connectivity index (χ2v) is 18.0. The number of methoxy groups -OCH3 is 1. The summed E-state index contributed by atoms with van der Waals surface area (Å²) in [6.07, 6.45) is 2.24. The average molecular weight is 1090 g/mol. The highest BCUT2D eigenvalue weighted by atomic mass is 16.5. The summed E-state index contributed by atoms with van der Waals surface area (Å²) in [5.74, 6) is -8.12. The Hall–Kier alpha value is -7.15. The van der Waals surface area contributed by atoms with Gasteiger partial charge in [-0.1, -0.05) is 24.6 Å². The number of amides is 8. The van der Waals surface area contributed by atoms with Crippen molar-refractivity contribution in [1.82, 2.24) is 42.1 Å². The maximum Gasteiger partial charge on any atom is 0.352 e. The van der Waals surface area contributed by atoms with Gasteiger partial charge in [0, 0.05) is 26.1 Å². The van der Waals surface area contributed by atoms with Crippen molar-refractivity contribution in [3.05, 3.63) is 41.6 Å². The average Bonchev–Trinajstić information content (AvgIpc) is 3.91. The Morgan fingerprint density at radius 2 is 1.42 bits per heavy atom. The van der Waals surface area contributed by atoms with E-state index >= 15 is 0 Å². The molecule has 1 aliphatic heterocycles. The Bertz CT molecular complexity index is 2200. The van der Waals surface area contributed by atoms with Gasteiger partial charge in [0.15, 0.2) is 5.96 Å². The van der Waals surface area contributed by atoms with Crippen LogP contribution in [0.15, 0.2) is 41.0 Å². The van der Waals surface area contributed by atoms with Crippen molar-refractivity contribution < 1.29 is 58.1 Å². The molecule has 7 atom stereocenters. The normalized spacial score (nSPS) is 15.8. The molecule has 0 aliphatic carbocycles. The number of rotatable bonds is 36. The van der Waals surface area contributed by atoms with Crippen LogP contribution in [0.5, 0.6) is 5.75 Å². The number of benzene rings is 1. The molecule has 430 valence electrons. The quantitative estimate of drug-likeness (QED) is 0.0129. The summed E-state index contributed by atoms with van der Waals surface area (Å²) in [7, 11) is 1.47. The van der Waals surface area contributed by atoms with Gasteiger partial charge in [-0.15, -0.1) is 0 Å². The summed E-state index contributed by atoms with van der Waals surface area (Å²) in [5.41, 5.74) is 39.4. The topological polar surface area (TPSA) is 509 Å². The second kappa shape index (κ2) is 36.0. The fraction of sp³-hybridized carbons (Fsp3) is 0.604. The molecule has 1 saturated heterocycles. The second-order valence-electron chi connectivity index (χ2n) is 18.0. The van der Waals surface area contributed by atoms with Crippen LogP contribution in [0.3, 0.4) is 0 Å². The van der Waals surface area contributed by atoms with Crippen LogP contribution in [0.4, 0.5) is 0 Å². The van der Waals surface area contributed by atoms with E-state index in [0.29, 0.717) is 50.0 Å². The van der Waals surface area contributed by atoms with Crippen LogP contribution in [0.1, 0.15) is 82.6 Å². The molecule has 2 rings (SSSR count). The van der Waals surface area contributed by atoms with Crippen LogP contribution in [-0.4, -0.2) is 182 Å². The fourth-order valence-electron chi connectivity index (χ4n) is 7.82. The summed E-state index contributed by atoms with van der Waals surface area (Å²) in [6, 6.07) is -1.24. The Labute approximate surface area is 447 Å². The number of nitrogens with one attached hydrogen (secondary N) is 8. The smallest absolute Gasteiger partial charge is 0.352 e. The van der Waals surface area contributed by atoms with Gasteiger partial charge in [-0.3, -0.25) is 43.8 Å². The molecule has 1 heterocycles. The molecule has 0 aromatic heterocycles. The number of likely N-dealkylation sites (tertiary alicyclic amines) is 1. The van der Waals surface area contributed by atoms with Crippen LogP contribution in [0.2, 0.25) is 0 Å². The molecule has 29 heteroatoms. The molecular weight excluding hydrogens is 1010 g/mol. The van der Waals surface area contributed by atoms with E-state index in [2.05, 4.69) is 42.2 Å². The molecule has 0 spiro atoms. The number of aliphatic carboxylic acids is 1. The van der Waals surface area contributed by atoms with Crippen LogP contribution in [0.25, 0.3) is 0 Å². The van der Waals surface area contributed by atoms with E-state index < -0.39 is 114 Å². The number of aliphatic hydroxyl groups is 1. The number of nitrogens with zero attached hydrogens (tertiary/aromatic N) is 2. The first-order valence-electron chi connectivity index (χ1n) is 25.5. The Kier molecular flexibility index (Phi) is 30.8. The number of aliphatic hydroxyl groups excluding tert-OH is 1. The third-order valence-electron chi connectivity index (χ3n) is 12.1. The number of ether oxygens (including phenoxy) is 1. The summed E-state index contributed by atoms with van der Waals surface area (Å²) in [4.78, 5) is 127. The highest BCUT2D eigenvalue weighted by Gasteiger charge is 2.39. The van der Waals surface area contributed by atoms with Crippen LogP contribution in [0, 0.1) is 5.41 Å². The third kappa shape index (κ3) is 23.7. The van der Waals surface area contributed by atoms with Crippen molar-refractivity contribution in [3.63, 3.8) is 0 Å². The van der Waals surface area contributed by atoms with E-state index in [9.17, 15) is 53.4 Å². The first kappa shape index (κ1) is 66.0. The minimum absolute atomic E-state index is 0.0358. The lowest BCUT2D eigenvalue weighted by atomic mass is 10.0. The molecule has 1 aromatic carbocycles. The van der Waals surface area contributed by atoms with Gasteiger partial charge in [-0.2, -0.15) is 0 Å². The van der Waals surface area contributed by atoms with Crippen LogP contribution >= 0.6 is 0 Å². The SMILES string of the molecule is COc1ccc(C[C@H](NC(=O)[C@@H]2CCCN2C(=O)/C(CCCN)=N/C(=O)CNC(=O)[C@H](CCN)NC(=O)[C@@H](NC(=O)[C@@H](N)CCCCN)[C@@H](O)CN)C(=O)N[C@@H](CCCCN)C(=O)N/C(=C\CCNC(=N)N)C(=O)O)cc1. The number of carbonyl (C=O) groups excluding carboxylic acids is 8. The van der Waals surface area contributed by atoms with Gasteiger partial charge in [0.25, 0.3) is 11.8 Å². The van der Waals surface area contributed by atoms with Crippen molar-refractivity contribution in [2.75, 3.05) is 59.5 Å². The van der Waals surface area contributed by atoms with Gasteiger partial charge in [-0.05, 0) is 115 Å². The summed E-state index contributed by atoms with van der Waals surface area (Å²) < 4.78 is 5.26. The van der Waals surface area contributed by atoms with E-state index in [1.807, 2.05) is 0 Å². The zero-order valence-electron chi connectivity index (χ0n) is 43.7. The Morgan fingerprint density at radius 3 is 2.01 bits per heavy atom. The predicted octanol–water partition coefficient (Wildman–Crippen LogP) is -5.80. The van der Waals surface area contributed by atoms with E-state index in [0.717, 1.165) is 0 Å². The number of carboxylic acids is 1. The number of hydrogen-bond donors (Lipinski definition) is 17. The predicted molar refractivity (Wildman–Crippen MR) is 284 cm³/mol. The molecule has 24 N–H and O–H groups in total. The molecule has 0 saturated carbocycles. The van der Waals surface area contributed by atoms with Gasteiger partial charge < -0.3 is 97.2 Å². The maximum absolute atomic E-state index is 14.3. The molecule has 0 radical (unpaired) electrons. The lowest BCUT2D eigenvalue weighted by Gasteiger charge is -2.28. The number of hydrogen-bond acceptors (Lipinski definition) is 18. The first-order valence-corrected chi connectivity index (χ1v) is 25.5. The minimum Gasteiger partial charge on any atom is -0.497 e. The number of aliphatic imine (C=N–C) groups is 1. The highest BCUT2D eigenvalue weighted by Crippen LogP contribution is 2.20. The number of unbranched alkanes of at least 4 members (excludes halogenated alkanes) is 2. The number of carbonyl (C=O) groups is 9. The van der Waals surface area contributed by atoms with E-state index in [1.165, 1.54) is 18.1 Å². The monoisotopic (exact) mass is 1090 g/mol. The third-order valence-corrected chi connectivity index (χ3v) is 12.1. The molecule has 0 unspecified atom stereocenters. The Morgan fingerprint density at radius 1 is 0.779 bits per heavy atom. The van der Waals surface area contributed by atoms with Crippen molar-refractivity contribution in [1.29, 1.82) is 5.41 Å². The summed E-state index contributed by atoms with van der Waals surface area (Å²) >= 11 is 0. The van der Waals surface area contributed by atoms with Gasteiger partial charge in [0.1, 0.15) is 47.4 Å². The van der Waals surface area contributed by atoms with E-state index in [1.54, 1.807) is 24.3 Å². The van der Waals surface area contributed by atoms with Crippen LogP contribution in [-0.2, 0) is 49.6 Å². The molecule has 0 bridgehead atoms. The molecular formula is C48H81N17O12. The zero-order chi connectivity index (χ0) is 57.5. The highest BCUT2D eigenvalue weighted by molar-refractivity contribution is 6.40. The molecule has 1 aliphatic rings. The van der Waals surface area contributed by atoms with Gasteiger partial charge >= 0.3 is 5.97 Å². The largest absolute Gasteiger partial charge is 0.497 e. The Balaban J connectivity index is 2.36. The molecule has 29 nitrogen and oxygen atoms in total. The zero-order valence-corrected chi connectivity index (χ0v) is 43.7. The van der Waals surface area contributed by atoms with Gasteiger partial charge in [0.05, 0.1) is 25.8 Å². The fourth-order valence-corrected chi connectivity index (χ4v) is 7.82. The molecule has 77 heavy (non-hydrogen) atoms. The van der Waals surface area contributed by atoms with Gasteiger partial charge in [-0.25, -0.2) is 9.79 Å². The van der Waals surface area contributed by atoms with Crippen molar-refractivity contribution in [2.45, 2.75) is 126 Å². The maximum atomic E-state index is 14.3. The van der Waals surface area contributed by atoms with E-state index in [-0.39, 0.29) is 95.8 Å². The lowest BCUT2D eigenvalue weighted by Crippen LogP contribution is -2.61.